The van der Waals surface area contributed by atoms with Gasteiger partial charge in [0.1, 0.15) is 5.92 Å². The Balaban J connectivity index is 1.45. The SMILES string of the molecule is Cc1cccc2c1C(C=Nc1ccc(NC3CCOCC3)cc1)C(=O)N2. The first-order valence-corrected chi connectivity index (χ1v) is 9.09. The molecule has 2 aliphatic heterocycles. The smallest absolute Gasteiger partial charge is 0.237 e. The highest BCUT2D eigenvalue weighted by molar-refractivity contribution is 6.13. The van der Waals surface area contributed by atoms with E-state index < -0.39 is 0 Å². The van der Waals surface area contributed by atoms with Crippen molar-refractivity contribution in [1.29, 1.82) is 0 Å². The minimum Gasteiger partial charge on any atom is -0.382 e. The van der Waals surface area contributed by atoms with Crippen LogP contribution >= 0.6 is 0 Å². The fraction of sp³-hybridized carbons (Fsp3) is 0.333. The van der Waals surface area contributed by atoms with E-state index in [4.69, 9.17) is 4.74 Å². The lowest BCUT2D eigenvalue weighted by molar-refractivity contribution is -0.115. The molecule has 1 fully saturated rings. The quantitative estimate of drug-likeness (QED) is 0.820. The van der Waals surface area contributed by atoms with E-state index in [0.29, 0.717) is 6.04 Å². The second kappa shape index (κ2) is 7.30. The molecule has 1 unspecified atom stereocenters. The van der Waals surface area contributed by atoms with Gasteiger partial charge < -0.3 is 15.4 Å². The summed E-state index contributed by atoms with van der Waals surface area (Å²) in [6.45, 7) is 3.67. The van der Waals surface area contributed by atoms with Gasteiger partial charge in [-0.2, -0.15) is 0 Å². The van der Waals surface area contributed by atoms with E-state index in [1.165, 1.54) is 0 Å². The van der Waals surface area contributed by atoms with E-state index in [-0.39, 0.29) is 11.8 Å². The molecular formula is C21H23N3O2. The number of fused-ring (bicyclic) bond motifs is 1. The number of nitrogens with zero attached hydrogens (tertiary/aromatic N) is 1. The summed E-state index contributed by atoms with van der Waals surface area (Å²) in [5, 5.41) is 6.47. The predicted molar refractivity (Wildman–Crippen MR) is 105 cm³/mol. The molecule has 0 aromatic heterocycles. The Morgan fingerprint density at radius 1 is 1.15 bits per heavy atom. The van der Waals surface area contributed by atoms with Crippen molar-refractivity contribution in [2.24, 2.45) is 4.99 Å². The number of anilines is 2. The highest BCUT2D eigenvalue weighted by Gasteiger charge is 2.30. The van der Waals surface area contributed by atoms with E-state index in [9.17, 15) is 4.79 Å². The highest BCUT2D eigenvalue weighted by atomic mass is 16.5. The Labute approximate surface area is 153 Å². The Kier molecular flexibility index (Phi) is 4.71. The summed E-state index contributed by atoms with van der Waals surface area (Å²) in [6.07, 6.45) is 3.82. The van der Waals surface area contributed by atoms with Crippen LogP contribution < -0.4 is 10.6 Å². The zero-order chi connectivity index (χ0) is 17.9. The Bertz CT molecular complexity index is 824. The second-order valence-corrected chi connectivity index (χ2v) is 6.86. The zero-order valence-corrected chi connectivity index (χ0v) is 14.9. The van der Waals surface area contributed by atoms with Gasteiger partial charge in [-0.05, 0) is 61.2 Å². The van der Waals surface area contributed by atoms with Crippen molar-refractivity contribution in [3.05, 3.63) is 53.6 Å². The van der Waals surface area contributed by atoms with E-state index in [1.54, 1.807) is 6.21 Å². The molecule has 2 aromatic rings. The minimum absolute atomic E-state index is 0.0177. The fourth-order valence-electron chi connectivity index (χ4n) is 3.57. The summed E-state index contributed by atoms with van der Waals surface area (Å²) >= 11 is 0. The Morgan fingerprint density at radius 2 is 1.92 bits per heavy atom. The molecule has 1 amide bonds. The molecule has 2 aromatic carbocycles. The Morgan fingerprint density at radius 3 is 2.69 bits per heavy atom. The maximum absolute atomic E-state index is 12.3. The molecule has 2 heterocycles. The average molecular weight is 349 g/mol. The lowest BCUT2D eigenvalue weighted by atomic mass is 9.97. The summed E-state index contributed by atoms with van der Waals surface area (Å²) in [7, 11) is 0. The molecule has 1 saturated heterocycles. The molecule has 0 saturated carbocycles. The molecule has 4 rings (SSSR count). The van der Waals surface area contributed by atoms with Crippen molar-refractivity contribution in [1.82, 2.24) is 0 Å². The van der Waals surface area contributed by atoms with Crippen LogP contribution in [0.25, 0.3) is 0 Å². The van der Waals surface area contributed by atoms with E-state index in [1.807, 2.05) is 49.4 Å². The standard InChI is InChI=1S/C21H23N3O2/c1-14-3-2-4-19-20(14)18(21(25)24-19)13-22-15-5-7-16(8-6-15)23-17-9-11-26-12-10-17/h2-8,13,17-18,23H,9-12H2,1H3,(H,24,25). The molecule has 0 spiro atoms. The van der Waals surface area contributed by atoms with Crippen LogP contribution in [-0.4, -0.2) is 31.4 Å². The first-order valence-electron chi connectivity index (χ1n) is 9.09. The largest absolute Gasteiger partial charge is 0.382 e. The van der Waals surface area contributed by atoms with Gasteiger partial charge in [0.2, 0.25) is 5.91 Å². The molecule has 134 valence electrons. The first-order chi connectivity index (χ1) is 12.7. The number of nitrogens with one attached hydrogen (secondary N) is 2. The number of carbonyl (C=O) groups excluding carboxylic acids is 1. The van der Waals surface area contributed by atoms with Crippen LogP contribution in [0, 0.1) is 6.92 Å². The van der Waals surface area contributed by atoms with Crippen molar-refractivity contribution in [2.75, 3.05) is 23.8 Å². The Hall–Kier alpha value is -2.66. The molecular weight excluding hydrogens is 326 g/mol. The van der Waals surface area contributed by atoms with Crippen LogP contribution in [0.5, 0.6) is 0 Å². The number of amides is 1. The lowest BCUT2D eigenvalue weighted by Gasteiger charge is -2.24. The number of benzene rings is 2. The van der Waals surface area contributed by atoms with Crippen molar-refractivity contribution in [3.8, 4) is 0 Å². The summed E-state index contributed by atoms with van der Waals surface area (Å²) in [6, 6.07) is 14.4. The lowest BCUT2D eigenvalue weighted by Crippen LogP contribution is -2.27. The topological polar surface area (TPSA) is 62.7 Å². The van der Waals surface area contributed by atoms with E-state index in [0.717, 1.165) is 54.2 Å². The third-order valence-corrected chi connectivity index (χ3v) is 5.01. The van der Waals surface area contributed by atoms with Gasteiger partial charge in [0.05, 0.1) is 5.69 Å². The van der Waals surface area contributed by atoms with Gasteiger partial charge in [0, 0.05) is 36.8 Å². The predicted octanol–water partition coefficient (Wildman–Crippen LogP) is 4.02. The van der Waals surface area contributed by atoms with Crippen molar-refractivity contribution >= 4 is 29.2 Å². The number of carbonyl (C=O) groups is 1. The van der Waals surface area contributed by atoms with Crippen LogP contribution in [-0.2, 0) is 9.53 Å². The van der Waals surface area contributed by atoms with Crippen LogP contribution in [0.15, 0.2) is 47.5 Å². The first kappa shape index (κ1) is 16.8. The summed E-state index contributed by atoms with van der Waals surface area (Å²) in [5.74, 6) is -0.345. The monoisotopic (exact) mass is 349 g/mol. The van der Waals surface area contributed by atoms with Crippen LogP contribution in [0.1, 0.15) is 29.9 Å². The zero-order valence-electron chi connectivity index (χ0n) is 14.9. The number of ether oxygens (including phenoxy) is 1. The summed E-state index contributed by atoms with van der Waals surface area (Å²) in [5.41, 5.74) is 4.96. The number of hydrogen-bond acceptors (Lipinski definition) is 4. The highest BCUT2D eigenvalue weighted by Crippen LogP contribution is 2.34. The van der Waals surface area contributed by atoms with Crippen molar-refractivity contribution in [2.45, 2.75) is 31.7 Å². The molecule has 0 aliphatic carbocycles. The number of aryl methyl sites for hydroxylation is 1. The molecule has 2 N–H and O–H groups in total. The summed E-state index contributed by atoms with van der Waals surface area (Å²) in [4.78, 5) is 16.8. The molecule has 1 atom stereocenters. The second-order valence-electron chi connectivity index (χ2n) is 6.86. The number of aliphatic imine (C=N–C) groups is 1. The van der Waals surface area contributed by atoms with Gasteiger partial charge in [-0.1, -0.05) is 12.1 Å². The number of hydrogen-bond donors (Lipinski definition) is 2. The summed E-state index contributed by atoms with van der Waals surface area (Å²) < 4.78 is 5.39. The van der Waals surface area contributed by atoms with Gasteiger partial charge in [-0.15, -0.1) is 0 Å². The fourth-order valence-corrected chi connectivity index (χ4v) is 3.57. The minimum atomic E-state index is -0.328. The van der Waals surface area contributed by atoms with Gasteiger partial charge in [0.15, 0.2) is 0 Å². The average Bonchev–Trinajstić information content (AvgIpc) is 2.98. The van der Waals surface area contributed by atoms with Gasteiger partial charge in [-0.25, -0.2) is 0 Å². The van der Waals surface area contributed by atoms with Crippen LogP contribution in [0.3, 0.4) is 0 Å². The number of rotatable bonds is 4. The molecule has 5 heteroatoms. The molecule has 2 aliphatic rings. The molecule has 0 bridgehead atoms. The van der Waals surface area contributed by atoms with Crippen LogP contribution in [0.2, 0.25) is 0 Å². The molecule has 5 nitrogen and oxygen atoms in total. The third-order valence-electron chi connectivity index (χ3n) is 5.01. The maximum atomic E-state index is 12.3. The van der Waals surface area contributed by atoms with Crippen molar-refractivity contribution in [3.63, 3.8) is 0 Å². The molecule has 0 radical (unpaired) electrons. The van der Waals surface area contributed by atoms with Gasteiger partial charge in [-0.3, -0.25) is 9.79 Å². The molecule has 26 heavy (non-hydrogen) atoms. The normalized spacial score (nSPS) is 20.2. The third kappa shape index (κ3) is 3.48. The maximum Gasteiger partial charge on any atom is 0.237 e. The van der Waals surface area contributed by atoms with Crippen LogP contribution in [0.4, 0.5) is 17.1 Å². The van der Waals surface area contributed by atoms with Crippen molar-refractivity contribution < 1.29 is 9.53 Å². The van der Waals surface area contributed by atoms with Gasteiger partial charge >= 0.3 is 0 Å². The van der Waals surface area contributed by atoms with Gasteiger partial charge in [0.25, 0.3) is 0 Å². The van der Waals surface area contributed by atoms with E-state index >= 15 is 0 Å². The van der Waals surface area contributed by atoms with E-state index in [2.05, 4.69) is 15.6 Å².